The van der Waals surface area contributed by atoms with Crippen molar-refractivity contribution in [1.29, 1.82) is 0 Å². The first-order valence-electron chi connectivity index (χ1n) is 8.62. The summed E-state index contributed by atoms with van der Waals surface area (Å²) in [5.74, 6) is -0.128. The molecule has 0 radical (unpaired) electrons. The molecule has 0 atom stereocenters. The van der Waals surface area contributed by atoms with Gasteiger partial charge in [-0.1, -0.05) is 31.4 Å². The fourth-order valence-corrected chi connectivity index (χ4v) is 3.47. The maximum atomic E-state index is 12.5. The number of benzene rings is 1. The third-order valence-corrected chi connectivity index (χ3v) is 5.11. The first-order valence-corrected chi connectivity index (χ1v) is 8.62. The van der Waals surface area contributed by atoms with Crippen LogP contribution in [0.2, 0.25) is 0 Å². The number of nitrogens with zero attached hydrogens (tertiary/aromatic N) is 1. The number of methoxy groups -OCH3 is 1. The van der Waals surface area contributed by atoms with E-state index in [1.165, 1.54) is 4.90 Å². The standard InChI is InChI=1S/C19H27NO4/c1-20(19(18(22)23)13-4-3-5-14-19)17(21)8-6-7-15-9-11-16(24-2)12-10-15/h9-12H,3-8,13-14H2,1-2H3,(H,22,23). The zero-order chi connectivity index (χ0) is 17.6. The van der Waals surface area contributed by atoms with E-state index in [1.807, 2.05) is 24.3 Å². The average molecular weight is 333 g/mol. The van der Waals surface area contributed by atoms with Crippen molar-refractivity contribution in [2.75, 3.05) is 14.2 Å². The van der Waals surface area contributed by atoms with E-state index in [0.717, 1.165) is 37.0 Å². The lowest BCUT2D eigenvalue weighted by molar-refractivity contribution is -0.160. The highest BCUT2D eigenvalue weighted by Gasteiger charge is 2.45. The van der Waals surface area contributed by atoms with E-state index in [1.54, 1.807) is 14.2 Å². The molecule has 1 N–H and O–H groups in total. The third kappa shape index (κ3) is 4.08. The maximum absolute atomic E-state index is 12.5. The third-order valence-electron chi connectivity index (χ3n) is 5.11. The van der Waals surface area contributed by atoms with E-state index in [0.29, 0.717) is 25.7 Å². The topological polar surface area (TPSA) is 66.8 Å². The molecule has 5 nitrogen and oxygen atoms in total. The van der Waals surface area contributed by atoms with E-state index >= 15 is 0 Å². The van der Waals surface area contributed by atoms with Crippen molar-refractivity contribution in [3.63, 3.8) is 0 Å². The molecule has 5 heteroatoms. The lowest BCUT2D eigenvalue weighted by Crippen LogP contribution is -2.56. The fraction of sp³-hybridized carbons (Fsp3) is 0.579. The number of amides is 1. The molecule has 0 unspecified atom stereocenters. The summed E-state index contributed by atoms with van der Waals surface area (Å²) in [6.07, 6.45) is 5.79. The number of carboxylic acids is 1. The van der Waals surface area contributed by atoms with Crippen molar-refractivity contribution in [2.24, 2.45) is 0 Å². The highest BCUT2D eigenvalue weighted by Crippen LogP contribution is 2.33. The molecular weight excluding hydrogens is 306 g/mol. The highest BCUT2D eigenvalue weighted by molar-refractivity contribution is 5.87. The normalized spacial score (nSPS) is 16.4. The van der Waals surface area contributed by atoms with Crippen molar-refractivity contribution >= 4 is 11.9 Å². The molecule has 1 amide bonds. The summed E-state index contributed by atoms with van der Waals surface area (Å²) in [5, 5.41) is 9.66. The maximum Gasteiger partial charge on any atom is 0.329 e. The second-order valence-corrected chi connectivity index (χ2v) is 6.55. The number of likely N-dealkylation sites (N-methyl/N-ethyl adjacent to an activating group) is 1. The number of aliphatic carboxylic acids is 1. The predicted octanol–water partition coefficient (Wildman–Crippen LogP) is 3.26. The second-order valence-electron chi connectivity index (χ2n) is 6.55. The Bertz CT molecular complexity index is 561. The molecule has 132 valence electrons. The Balaban J connectivity index is 1.89. The van der Waals surface area contributed by atoms with E-state index in [-0.39, 0.29) is 5.91 Å². The van der Waals surface area contributed by atoms with E-state index in [4.69, 9.17) is 4.74 Å². The predicted molar refractivity (Wildman–Crippen MR) is 92.2 cm³/mol. The van der Waals surface area contributed by atoms with Gasteiger partial charge in [0.1, 0.15) is 11.3 Å². The largest absolute Gasteiger partial charge is 0.497 e. The number of carbonyl (C=O) groups excluding carboxylic acids is 1. The number of hydrogen-bond donors (Lipinski definition) is 1. The molecule has 1 aliphatic rings. The molecule has 1 aromatic rings. The molecule has 1 fully saturated rings. The first kappa shape index (κ1) is 18.3. The monoisotopic (exact) mass is 333 g/mol. The van der Waals surface area contributed by atoms with Crippen molar-refractivity contribution in [1.82, 2.24) is 4.90 Å². The molecule has 24 heavy (non-hydrogen) atoms. The van der Waals surface area contributed by atoms with E-state index in [2.05, 4.69) is 0 Å². The lowest BCUT2D eigenvalue weighted by Gasteiger charge is -2.41. The van der Waals surface area contributed by atoms with Gasteiger partial charge in [-0.25, -0.2) is 4.79 Å². The molecular formula is C19H27NO4. The van der Waals surface area contributed by atoms with Crippen LogP contribution >= 0.6 is 0 Å². The molecule has 1 saturated carbocycles. The quantitative estimate of drug-likeness (QED) is 0.831. The van der Waals surface area contributed by atoms with Crippen molar-refractivity contribution < 1.29 is 19.4 Å². The Labute approximate surface area is 143 Å². The zero-order valence-corrected chi connectivity index (χ0v) is 14.6. The number of carbonyl (C=O) groups is 2. The van der Waals surface area contributed by atoms with Crippen LogP contribution in [0.4, 0.5) is 0 Å². The molecule has 0 aromatic heterocycles. The molecule has 0 spiro atoms. The van der Waals surface area contributed by atoms with Gasteiger partial charge in [-0.2, -0.15) is 0 Å². The van der Waals surface area contributed by atoms with E-state index in [9.17, 15) is 14.7 Å². The first-order chi connectivity index (χ1) is 11.5. The molecule has 1 aliphatic carbocycles. The molecule has 0 heterocycles. The van der Waals surface area contributed by atoms with Gasteiger partial charge in [0.25, 0.3) is 0 Å². The SMILES string of the molecule is COc1ccc(CCCC(=O)N(C)C2(C(=O)O)CCCCC2)cc1. The summed E-state index contributed by atoms with van der Waals surface area (Å²) in [6, 6.07) is 7.80. The number of ether oxygens (including phenoxy) is 1. The molecule has 0 saturated heterocycles. The van der Waals surface area contributed by atoms with Gasteiger partial charge in [0.05, 0.1) is 7.11 Å². The number of rotatable bonds is 7. The van der Waals surface area contributed by atoms with Crippen LogP contribution < -0.4 is 4.74 Å². The molecule has 0 aliphatic heterocycles. The van der Waals surface area contributed by atoms with Gasteiger partial charge < -0.3 is 14.7 Å². The minimum absolute atomic E-state index is 0.0761. The number of hydrogen-bond acceptors (Lipinski definition) is 3. The Kier molecular flexibility index (Phi) is 6.23. The van der Waals surface area contributed by atoms with Crippen LogP contribution in [-0.4, -0.2) is 41.6 Å². The van der Waals surface area contributed by atoms with Crippen LogP contribution in [0.25, 0.3) is 0 Å². The minimum Gasteiger partial charge on any atom is -0.497 e. The van der Waals surface area contributed by atoms with Crippen molar-refractivity contribution in [2.45, 2.75) is 56.9 Å². The van der Waals surface area contributed by atoms with Gasteiger partial charge >= 0.3 is 5.97 Å². The molecule has 2 rings (SSSR count). The molecule has 1 aromatic carbocycles. The number of carboxylic acid groups (broad SMARTS) is 1. The van der Waals surface area contributed by atoms with Crippen LogP contribution in [0.3, 0.4) is 0 Å². The van der Waals surface area contributed by atoms with Crippen molar-refractivity contribution in [3.05, 3.63) is 29.8 Å². The summed E-state index contributed by atoms with van der Waals surface area (Å²) in [4.78, 5) is 25.7. The Morgan fingerprint density at radius 1 is 1.17 bits per heavy atom. The Morgan fingerprint density at radius 2 is 1.79 bits per heavy atom. The van der Waals surface area contributed by atoms with Crippen LogP contribution in [0.1, 0.15) is 50.5 Å². The second kappa shape index (κ2) is 8.18. The molecule has 0 bridgehead atoms. The van der Waals surface area contributed by atoms with Crippen LogP contribution in [0, 0.1) is 0 Å². The lowest BCUT2D eigenvalue weighted by atomic mass is 9.80. The summed E-state index contributed by atoms with van der Waals surface area (Å²) >= 11 is 0. The zero-order valence-electron chi connectivity index (χ0n) is 14.6. The van der Waals surface area contributed by atoms with Gasteiger partial charge in [-0.15, -0.1) is 0 Å². The van der Waals surface area contributed by atoms with E-state index < -0.39 is 11.5 Å². The smallest absolute Gasteiger partial charge is 0.329 e. The van der Waals surface area contributed by atoms with Gasteiger partial charge in [-0.05, 0) is 43.4 Å². The fourth-order valence-electron chi connectivity index (χ4n) is 3.47. The van der Waals surface area contributed by atoms with Crippen molar-refractivity contribution in [3.8, 4) is 5.75 Å². The minimum atomic E-state index is -1.00. The highest BCUT2D eigenvalue weighted by atomic mass is 16.5. The summed E-state index contributed by atoms with van der Waals surface area (Å²) < 4.78 is 5.13. The van der Waals surface area contributed by atoms with Crippen LogP contribution in [0.5, 0.6) is 5.75 Å². The summed E-state index contributed by atoms with van der Waals surface area (Å²) in [7, 11) is 3.28. The Hall–Kier alpha value is -2.04. The number of aryl methyl sites for hydroxylation is 1. The van der Waals surface area contributed by atoms with Gasteiger partial charge in [0.15, 0.2) is 0 Å². The average Bonchev–Trinajstić information content (AvgIpc) is 2.62. The van der Waals surface area contributed by atoms with Crippen LogP contribution in [-0.2, 0) is 16.0 Å². The van der Waals surface area contributed by atoms with Gasteiger partial charge in [0, 0.05) is 13.5 Å². The van der Waals surface area contributed by atoms with Gasteiger partial charge in [-0.3, -0.25) is 4.79 Å². The van der Waals surface area contributed by atoms with Crippen LogP contribution in [0.15, 0.2) is 24.3 Å². The Morgan fingerprint density at radius 3 is 2.33 bits per heavy atom. The summed E-state index contributed by atoms with van der Waals surface area (Å²) in [6.45, 7) is 0. The van der Waals surface area contributed by atoms with Gasteiger partial charge in [0.2, 0.25) is 5.91 Å². The summed E-state index contributed by atoms with van der Waals surface area (Å²) in [5.41, 5.74) is 0.145.